The number of nitrogens with zero attached hydrogens (tertiary/aromatic N) is 2. The van der Waals surface area contributed by atoms with Gasteiger partial charge in [-0.25, -0.2) is 4.98 Å². The molecule has 2 rings (SSSR count). The average molecular weight is 358 g/mol. The number of carbonyl (C=O) groups is 1. The summed E-state index contributed by atoms with van der Waals surface area (Å²) in [5.41, 5.74) is 1.12. The Kier molecular flexibility index (Phi) is 3.61. The Balaban J connectivity index is 2.15. The number of ether oxygens (including phenoxy) is 1. The molecule has 0 aliphatic carbocycles. The van der Waals surface area contributed by atoms with Crippen LogP contribution in [-0.2, 0) is 16.0 Å². The molecule has 0 saturated heterocycles. The SMILES string of the molecule is CC(C)(C)OC(=O)Cc1cn2ccc(I)cc2n1. The van der Waals surface area contributed by atoms with Gasteiger partial charge in [-0.15, -0.1) is 0 Å². The Labute approximate surface area is 119 Å². The lowest BCUT2D eigenvalue weighted by Crippen LogP contribution is -2.24. The average Bonchev–Trinajstić information content (AvgIpc) is 2.55. The number of fused-ring (bicyclic) bond motifs is 1. The Bertz CT molecular complexity index is 584. The van der Waals surface area contributed by atoms with E-state index in [1.165, 1.54) is 0 Å². The van der Waals surface area contributed by atoms with E-state index in [-0.39, 0.29) is 12.4 Å². The largest absolute Gasteiger partial charge is 0.460 e. The highest BCUT2D eigenvalue weighted by atomic mass is 127. The first-order chi connectivity index (χ1) is 8.33. The third-order valence-corrected chi connectivity index (χ3v) is 2.89. The molecule has 2 aromatic heterocycles. The standard InChI is InChI=1S/C13H15IN2O2/c1-13(2,3)18-12(17)7-10-8-16-5-4-9(14)6-11(16)15-10/h4-6,8H,7H2,1-3H3. The molecule has 2 aromatic rings. The van der Waals surface area contributed by atoms with Crippen molar-refractivity contribution in [1.29, 1.82) is 0 Å². The van der Waals surface area contributed by atoms with E-state index >= 15 is 0 Å². The molecule has 0 atom stereocenters. The highest BCUT2D eigenvalue weighted by molar-refractivity contribution is 14.1. The van der Waals surface area contributed by atoms with E-state index in [9.17, 15) is 4.79 Å². The van der Waals surface area contributed by atoms with Crippen molar-refractivity contribution in [3.8, 4) is 0 Å². The van der Waals surface area contributed by atoms with E-state index < -0.39 is 5.60 Å². The van der Waals surface area contributed by atoms with Crippen LogP contribution in [0, 0.1) is 3.57 Å². The molecule has 0 saturated carbocycles. The smallest absolute Gasteiger partial charge is 0.312 e. The van der Waals surface area contributed by atoms with Gasteiger partial charge < -0.3 is 9.14 Å². The minimum atomic E-state index is -0.453. The molecule has 0 radical (unpaired) electrons. The molecule has 18 heavy (non-hydrogen) atoms. The maximum atomic E-state index is 11.7. The predicted molar refractivity (Wildman–Crippen MR) is 77.5 cm³/mol. The van der Waals surface area contributed by atoms with Crippen LogP contribution in [0.4, 0.5) is 0 Å². The predicted octanol–water partition coefficient (Wildman–Crippen LogP) is 2.82. The molecule has 0 fully saturated rings. The number of aromatic nitrogens is 2. The molecule has 0 aromatic carbocycles. The first-order valence-electron chi connectivity index (χ1n) is 5.68. The number of hydrogen-bond donors (Lipinski definition) is 0. The summed E-state index contributed by atoms with van der Waals surface area (Å²) < 4.78 is 8.30. The summed E-state index contributed by atoms with van der Waals surface area (Å²) in [5, 5.41) is 0. The first kappa shape index (κ1) is 13.3. The van der Waals surface area contributed by atoms with Crippen LogP contribution in [0.1, 0.15) is 26.5 Å². The van der Waals surface area contributed by atoms with Crippen LogP contribution in [-0.4, -0.2) is 21.0 Å². The number of carbonyl (C=O) groups excluding carboxylic acids is 1. The van der Waals surface area contributed by atoms with Gasteiger partial charge in [-0.05, 0) is 55.5 Å². The fraction of sp³-hybridized carbons (Fsp3) is 0.385. The van der Waals surface area contributed by atoms with Gasteiger partial charge in [0.2, 0.25) is 0 Å². The highest BCUT2D eigenvalue weighted by Gasteiger charge is 2.17. The first-order valence-corrected chi connectivity index (χ1v) is 6.76. The Morgan fingerprint density at radius 3 is 2.89 bits per heavy atom. The maximum absolute atomic E-state index is 11.7. The van der Waals surface area contributed by atoms with Gasteiger partial charge >= 0.3 is 5.97 Å². The van der Waals surface area contributed by atoms with Crippen molar-refractivity contribution in [3.63, 3.8) is 0 Å². The van der Waals surface area contributed by atoms with E-state index in [1.807, 2.05) is 49.7 Å². The van der Waals surface area contributed by atoms with Crippen LogP contribution >= 0.6 is 22.6 Å². The molecule has 4 nitrogen and oxygen atoms in total. The zero-order valence-electron chi connectivity index (χ0n) is 10.6. The van der Waals surface area contributed by atoms with E-state index in [0.29, 0.717) is 0 Å². The number of hydrogen-bond acceptors (Lipinski definition) is 3. The van der Waals surface area contributed by atoms with Crippen LogP contribution in [0.2, 0.25) is 0 Å². The van der Waals surface area contributed by atoms with E-state index in [1.54, 1.807) is 0 Å². The number of rotatable bonds is 2. The Morgan fingerprint density at radius 1 is 1.50 bits per heavy atom. The zero-order chi connectivity index (χ0) is 13.3. The highest BCUT2D eigenvalue weighted by Crippen LogP contribution is 2.12. The molecular weight excluding hydrogens is 343 g/mol. The Morgan fingerprint density at radius 2 is 2.22 bits per heavy atom. The van der Waals surface area contributed by atoms with Crippen LogP contribution in [0.15, 0.2) is 24.5 Å². The van der Waals surface area contributed by atoms with Crippen molar-refractivity contribution < 1.29 is 9.53 Å². The fourth-order valence-electron chi connectivity index (χ4n) is 1.62. The molecule has 0 spiro atoms. The summed E-state index contributed by atoms with van der Waals surface area (Å²) in [4.78, 5) is 16.1. The molecule has 2 heterocycles. The second kappa shape index (κ2) is 4.87. The summed E-state index contributed by atoms with van der Waals surface area (Å²) >= 11 is 2.24. The maximum Gasteiger partial charge on any atom is 0.312 e. The second-order valence-electron chi connectivity index (χ2n) is 5.11. The molecule has 96 valence electrons. The minimum Gasteiger partial charge on any atom is -0.460 e. The lowest BCUT2D eigenvalue weighted by atomic mass is 10.2. The van der Waals surface area contributed by atoms with Crippen molar-refractivity contribution >= 4 is 34.2 Å². The van der Waals surface area contributed by atoms with Gasteiger partial charge in [0.05, 0.1) is 12.1 Å². The monoisotopic (exact) mass is 358 g/mol. The minimum absolute atomic E-state index is 0.204. The van der Waals surface area contributed by atoms with E-state index in [4.69, 9.17) is 4.74 Å². The van der Waals surface area contributed by atoms with Crippen molar-refractivity contribution in [1.82, 2.24) is 9.38 Å². The quantitative estimate of drug-likeness (QED) is 0.613. The van der Waals surface area contributed by atoms with Crippen LogP contribution < -0.4 is 0 Å². The number of esters is 1. The zero-order valence-corrected chi connectivity index (χ0v) is 12.8. The summed E-state index contributed by atoms with van der Waals surface area (Å²) in [5.74, 6) is -0.249. The van der Waals surface area contributed by atoms with Crippen molar-refractivity contribution in [2.24, 2.45) is 0 Å². The van der Waals surface area contributed by atoms with Gasteiger partial charge in [-0.1, -0.05) is 0 Å². The molecule has 0 amide bonds. The van der Waals surface area contributed by atoms with Crippen molar-refractivity contribution in [2.75, 3.05) is 0 Å². The van der Waals surface area contributed by atoms with Crippen molar-refractivity contribution in [2.45, 2.75) is 32.8 Å². The van der Waals surface area contributed by atoms with Gasteiger partial charge in [0.15, 0.2) is 0 Å². The lowest BCUT2D eigenvalue weighted by molar-refractivity contribution is -0.153. The third-order valence-electron chi connectivity index (χ3n) is 2.22. The van der Waals surface area contributed by atoms with Gasteiger partial charge in [-0.2, -0.15) is 0 Å². The number of halogens is 1. The van der Waals surface area contributed by atoms with Crippen LogP contribution in [0.25, 0.3) is 5.65 Å². The van der Waals surface area contributed by atoms with Gasteiger partial charge in [0.1, 0.15) is 11.2 Å². The number of imidazole rings is 1. The van der Waals surface area contributed by atoms with Crippen LogP contribution in [0.5, 0.6) is 0 Å². The molecule has 0 aliphatic rings. The topological polar surface area (TPSA) is 43.6 Å². The van der Waals surface area contributed by atoms with E-state index in [2.05, 4.69) is 27.6 Å². The van der Waals surface area contributed by atoms with Gasteiger partial charge in [0.25, 0.3) is 0 Å². The summed E-state index contributed by atoms with van der Waals surface area (Å²) in [6, 6.07) is 3.96. The summed E-state index contributed by atoms with van der Waals surface area (Å²) in [6.45, 7) is 5.57. The molecule has 5 heteroatoms. The lowest BCUT2D eigenvalue weighted by Gasteiger charge is -2.18. The molecular formula is C13H15IN2O2. The van der Waals surface area contributed by atoms with Crippen LogP contribution in [0.3, 0.4) is 0 Å². The fourth-order valence-corrected chi connectivity index (χ4v) is 2.06. The molecule has 0 aliphatic heterocycles. The summed E-state index contributed by atoms with van der Waals surface area (Å²) in [6.07, 6.45) is 3.99. The molecule has 0 N–H and O–H groups in total. The molecule has 0 bridgehead atoms. The van der Waals surface area contributed by atoms with Gasteiger partial charge in [0, 0.05) is 16.0 Å². The van der Waals surface area contributed by atoms with Crippen molar-refractivity contribution in [3.05, 3.63) is 33.8 Å². The Hall–Kier alpha value is -1.11. The normalized spacial score (nSPS) is 11.8. The second-order valence-corrected chi connectivity index (χ2v) is 6.35. The third kappa shape index (κ3) is 3.44. The van der Waals surface area contributed by atoms with Gasteiger partial charge in [-0.3, -0.25) is 4.79 Å². The molecule has 0 unspecified atom stereocenters. The summed E-state index contributed by atoms with van der Waals surface area (Å²) in [7, 11) is 0. The van der Waals surface area contributed by atoms with E-state index in [0.717, 1.165) is 14.9 Å². The number of pyridine rings is 1.